The number of benzene rings is 2. The first kappa shape index (κ1) is 12.4. The molecule has 1 aliphatic rings. The number of hydrogen-bond donors (Lipinski definition) is 0. The highest BCUT2D eigenvalue weighted by atomic mass is 16.5. The average molecular weight is 253 g/mol. The first-order valence-corrected chi connectivity index (χ1v) is 6.82. The van der Waals surface area contributed by atoms with Gasteiger partial charge in [-0.05, 0) is 16.7 Å². The highest BCUT2D eigenvalue weighted by molar-refractivity contribution is 5.30. The largest absolute Gasteiger partial charge is 0.375 e. The Morgan fingerprint density at radius 1 is 0.842 bits per heavy atom. The summed E-state index contributed by atoms with van der Waals surface area (Å²) in [6.07, 6.45) is 0. The second kappa shape index (κ2) is 6.00. The summed E-state index contributed by atoms with van der Waals surface area (Å²) in [7, 11) is 0. The van der Waals surface area contributed by atoms with Crippen molar-refractivity contribution in [3.05, 3.63) is 71.3 Å². The van der Waals surface area contributed by atoms with Crippen LogP contribution in [0.2, 0.25) is 0 Å². The molecule has 0 bridgehead atoms. The van der Waals surface area contributed by atoms with Gasteiger partial charge in [0.15, 0.2) is 0 Å². The maximum atomic E-state index is 5.74. The highest BCUT2D eigenvalue weighted by Crippen LogP contribution is 2.21. The molecule has 0 saturated carbocycles. The van der Waals surface area contributed by atoms with Crippen LogP contribution < -0.4 is 0 Å². The van der Waals surface area contributed by atoms with Gasteiger partial charge in [0.1, 0.15) is 0 Å². The van der Waals surface area contributed by atoms with Crippen molar-refractivity contribution in [2.24, 2.45) is 0 Å². The molecular weight excluding hydrogens is 234 g/mol. The van der Waals surface area contributed by atoms with E-state index in [1.165, 1.54) is 16.7 Å². The van der Waals surface area contributed by atoms with Gasteiger partial charge in [-0.1, -0.05) is 54.6 Å². The van der Waals surface area contributed by atoms with Gasteiger partial charge in [0, 0.05) is 19.6 Å². The van der Waals surface area contributed by atoms with Crippen molar-refractivity contribution in [1.82, 2.24) is 4.90 Å². The highest BCUT2D eigenvalue weighted by Gasteiger charge is 2.17. The Morgan fingerprint density at radius 2 is 1.47 bits per heavy atom. The molecule has 0 N–H and O–H groups in total. The molecule has 0 amide bonds. The number of ether oxygens (including phenoxy) is 1. The van der Waals surface area contributed by atoms with Crippen molar-refractivity contribution in [3.8, 4) is 0 Å². The zero-order chi connectivity index (χ0) is 12.9. The first-order chi connectivity index (χ1) is 9.42. The summed E-state index contributed by atoms with van der Waals surface area (Å²) < 4.78 is 5.74. The van der Waals surface area contributed by atoms with Crippen molar-refractivity contribution < 1.29 is 4.74 Å². The van der Waals surface area contributed by atoms with Gasteiger partial charge in [-0.25, -0.2) is 0 Å². The molecule has 2 aromatic rings. The van der Waals surface area contributed by atoms with Gasteiger partial charge in [0.05, 0.1) is 13.2 Å². The number of nitrogens with zero attached hydrogens (tertiary/aromatic N) is 1. The van der Waals surface area contributed by atoms with E-state index in [-0.39, 0.29) is 0 Å². The van der Waals surface area contributed by atoms with E-state index in [0.29, 0.717) is 6.61 Å². The smallest absolute Gasteiger partial charge is 0.0717 e. The molecule has 1 aliphatic heterocycles. The third-order valence-corrected chi connectivity index (χ3v) is 3.57. The molecule has 1 heterocycles. The van der Waals surface area contributed by atoms with E-state index >= 15 is 0 Å². The van der Waals surface area contributed by atoms with Crippen LogP contribution in [0.5, 0.6) is 0 Å². The second-order valence-corrected chi connectivity index (χ2v) is 5.02. The van der Waals surface area contributed by atoms with Gasteiger partial charge < -0.3 is 4.74 Å². The van der Waals surface area contributed by atoms with E-state index in [1.807, 2.05) is 6.07 Å². The zero-order valence-corrected chi connectivity index (χ0v) is 11.1. The summed E-state index contributed by atoms with van der Waals surface area (Å²) in [5.74, 6) is 0. The van der Waals surface area contributed by atoms with Crippen molar-refractivity contribution in [2.75, 3.05) is 13.2 Å². The lowest BCUT2D eigenvalue weighted by atomic mass is 10.1. The molecule has 2 aromatic carbocycles. The van der Waals surface area contributed by atoms with Gasteiger partial charge >= 0.3 is 0 Å². The van der Waals surface area contributed by atoms with Crippen LogP contribution >= 0.6 is 0 Å². The SMILES string of the molecule is c1ccc(COCCN2Cc3ccccc3C2)cc1. The fourth-order valence-electron chi connectivity index (χ4n) is 2.52. The summed E-state index contributed by atoms with van der Waals surface area (Å²) >= 11 is 0. The lowest BCUT2D eigenvalue weighted by molar-refractivity contribution is 0.0919. The minimum absolute atomic E-state index is 0.710. The lowest BCUT2D eigenvalue weighted by Crippen LogP contribution is -2.21. The summed E-state index contributed by atoms with van der Waals surface area (Å²) in [6, 6.07) is 19.0. The maximum absolute atomic E-state index is 5.74. The van der Waals surface area contributed by atoms with E-state index in [9.17, 15) is 0 Å². The van der Waals surface area contributed by atoms with Crippen LogP contribution in [0.1, 0.15) is 16.7 Å². The van der Waals surface area contributed by atoms with E-state index in [1.54, 1.807) is 0 Å². The Bertz CT molecular complexity index is 499. The molecule has 98 valence electrons. The van der Waals surface area contributed by atoms with Crippen molar-refractivity contribution in [2.45, 2.75) is 19.7 Å². The Balaban J connectivity index is 1.41. The quantitative estimate of drug-likeness (QED) is 0.759. The Labute approximate surface area is 114 Å². The lowest BCUT2D eigenvalue weighted by Gasteiger charge is -2.14. The first-order valence-electron chi connectivity index (χ1n) is 6.82. The predicted octanol–water partition coefficient (Wildman–Crippen LogP) is 3.22. The molecule has 0 unspecified atom stereocenters. The molecule has 2 heteroatoms. The van der Waals surface area contributed by atoms with Gasteiger partial charge in [0.25, 0.3) is 0 Å². The van der Waals surface area contributed by atoms with Crippen molar-refractivity contribution >= 4 is 0 Å². The summed E-state index contributed by atoms with van der Waals surface area (Å²) in [5, 5.41) is 0. The van der Waals surface area contributed by atoms with E-state index in [4.69, 9.17) is 4.74 Å². The molecule has 3 rings (SSSR count). The standard InChI is InChI=1S/C17H19NO/c1-2-6-15(7-3-1)14-19-11-10-18-12-16-8-4-5-9-17(16)13-18/h1-9H,10-14H2. The normalized spacial score (nSPS) is 14.5. The van der Waals surface area contributed by atoms with E-state index in [0.717, 1.165) is 26.2 Å². The third-order valence-electron chi connectivity index (χ3n) is 3.57. The summed E-state index contributed by atoms with van der Waals surface area (Å²) in [6.45, 7) is 4.63. The molecule has 0 aromatic heterocycles. The van der Waals surface area contributed by atoms with Crippen LogP contribution in [0.4, 0.5) is 0 Å². The van der Waals surface area contributed by atoms with Crippen LogP contribution in [-0.2, 0) is 24.4 Å². The Hall–Kier alpha value is -1.64. The van der Waals surface area contributed by atoms with Crippen molar-refractivity contribution in [1.29, 1.82) is 0 Å². The predicted molar refractivity (Wildman–Crippen MR) is 76.7 cm³/mol. The van der Waals surface area contributed by atoms with Crippen LogP contribution in [0.25, 0.3) is 0 Å². The average Bonchev–Trinajstić information content (AvgIpc) is 2.87. The topological polar surface area (TPSA) is 12.5 Å². The zero-order valence-electron chi connectivity index (χ0n) is 11.1. The molecule has 2 nitrogen and oxygen atoms in total. The van der Waals surface area contributed by atoms with E-state index < -0.39 is 0 Å². The van der Waals surface area contributed by atoms with Crippen LogP contribution in [0, 0.1) is 0 Å². The molecule has 0 radical (unpaired) electrons. The van der Waals surface area contributed by atoms with Gasteiger partial charge in [-0.3, -0.25) is 4.90 Å². The van der Waals surface area contributed by atoms with Crippen molar-refractivity contribution in [3.63, 3.8) is 0 Å². The second-order valence-electron chi connectivity index (χ2n) is 5.02. The molecule has 0 saturated heterocycles. The third kappa shape index (κ3) is 3.22. The number of rotatable bonds is 5. The van der Waals surface area contributed by atoms with Crippen LogP contribution in [-0.4, -0.2) is 18.1 Å². The molecule has 0 atom stereocenters. The monoisotopic (exact) mass is 253 g/mol. The Morgan fingerprint density at radius 3 is 2.16 bits per heavy atom. The molecule has 0 fully saturated rings. The van der Waals surface area contributed by atoms with Gasteiger partial charge in [-0.15, -0.1) is 0 Å². The molecule has 19 heavy (non-hydrogen) atoms. The maximum Gasteiger partial charge on any atom is 0.0717 e. The number of fused-ring (bicyclic) bond motifs is 1. The van der Waals surface area contributed by atoms with E-state index in [2.05, 4.69) is 53.4 Å². The molecule has 0 spiro atoms. The fraction of sp³-hybridized carbons (Fsp3) is 0.294. The van der Waals surface area contributed by atoms with Gasteiger partial charge in [0.2, 0.25) is 0 Å². The summed E-state index contributed by atoms with van der Waals surface area (Å²) in [4.78, 5) is 2.44. The summed E-state index contributed by atoms with van der Waals surface area (Å²) in [5.41, 5.74) is 4.17. The Kier molecular flexibility index (Phi) is 3.92. The molecule has 0 aliphatic carbocycles. The number of hydrogen-bond acceptors (Lipinski definition) is 2. The van der Waals surface area contributed by atoms with Crippen LogP contribution in [0.3, 0.4) is 0 Å². The van der Waals surface area contributed by atoms with Crippen LogP contribution in [0.15, 0.2) is 54.6 Å². The molecular formula is C17H19NO. The van der Waals surface area contributed by atoms with Gasteiger partial charge in [-0.2, -0.15) is 0 Å². The minimum atomic E-state index is 0.710. The minimum Gasteiger partial charge on any atom is -0.375 e. The fourth-order valence-corrected chi connectivity index (χ4v) is 2.52.